The number of aromatic carboxylic acids is 1. The Morgan fingerprint density at radius 1 is 1.24 bits per heavy atom. The van der Waals surface area contributed by atoms with Crippen LogP contribution in [-0.2, 0) is 12.8 Å². The molecule has 5 nitrogen and oxygen atoms in total. The number of rotatable bonds is 6. The highest BCUT2D eigenvalue weighted by atomic mass is 16.5. The van der Waals surface area contributed by atoms with Crippen molar-refractivity contribution in [2.45, 2.75) is 40.0 Å². The number of aryl methyl sites for hydroxylation is 1. The third-order valence-corrected chi connectivity index (χ3v) is 2.47. The van der Waals surface area contributed by atoms with Gasteiger partial charge in [0.05, 0.1) is 12.3 Å². The second-order valence-corrected chi connectivity index (χ2v) is 3.67. The van der Waals surface area contributed by atoms with Gasteiger partial charge in [0.15, 0.2) is 0 Å². The standard InChI is InChI=1S/C12H18N2O3/c1-4-7-17-11-10(12(15)16)8(5-2)9(6-3)13-14-11/h4-7H2,1-3H3,(H,15,16). The monoisotopic (exact) mass is 238 g/mol. The van der Waals surface area contributed by atoms with Crippen LogP contribution in [0.2, 0.25) is 0 Å². The zero-order valence-electron chi connectivity index (χ0n) is 10.5. The molecule has 0 saturated heterocycles. The molecule has 0 unspecified atom stereocenters. The van der Waals surface area contributed by atoms with E-state index in [1.807, 2.05) is 20.8 Å². The smallest absolute Gasteiger partial charge is 0.341 e. The van der Waals surface area contributed by atoms with Crippen LogP contribution in [0.4, 0.5) is 0 Å². The molecule has 94 valence electrons. The molecule has 0 aliphatic heterocycles. The highest BCUT2D eigenvalue weighted by Gasteiger charge is 2.21. The highest BCUT2D eigenvalue weighted by molar-refractivity contribution is 5.92. The van der Waals surface area contributed by atoms with Gasteiger partial charge in [-0.3, -0.25) is 0 Å². The molecule has 1 N–H and O–H groups in total. The van der Waals surface area contributed by atoms with Gasteiger partial charge in [-0.15, -0.1) is 5.10 Å². The van der Waals surface area contributed by atoms with Crippen molar-refractivity contribution < 1.29 is 14.6 Å². The van der Waals surface area contributed by atoms with Gasteiger partial charge in [0.25, 0.3) is 0 Å². The van der Waals surface area contributed by atoms with Crippen LogP contribution in [0.15, 0.2) is 0 Å². The summed E-state index contributed by atoms with van der Waals surface area (Å²) >= 11 is 0. The average molecular weight is 238 g/mol. The first-order chi connectivity index (χ1) is 8.15. The number of nitrogens with zero attached hydrogens (tertiary/aromatic N) is 2. The lowest BCUT2D eigenvalue weighted by Gasteiger charge is -2.12. The van der Waals surface area contributed by atoms with E-state index in [1.54, 1.807) is 0 Å². The first kappa shape index (κ1) is 13.4. The van der Waals surface area contributed by atoms with Crippen molar-refractivity contribution in [1.82, 2.24) is 10.2 Å². The highest BCUT2D eigenvalue weighted by Crippen LogP contribution is 2.22. The SMILES string of the molecule is CCCOc1nnc(CC)c(CC)c1C(=O)O. The van der Waals surface area contributed by atoms with Gasteiger partial charge in [0.2, 0.25) is 5.88 Å². The summed E-state index contributed by atoms with van der Waals surface area (Å²) in [5.74, 6) is -0.869. The molecule has 0 atom stereocenters. The van der Waals surface area contributed by atoms with Gasteiger partial charge in [-0.25, -0.2) is 4.79 Å². The second-order valence-electron chi connectivity index (χ2n) is 3.67. The van der Waals surface area contributed by atoms with E-state index in [4.69, 9.17) is 4.74 Å². The molecule has 1 aromatic rings. The van der Waals surface area contributed by atoms with Crippen LogP contribution in [0.3, 0.4) is 0 Å². The van der Waals surface area contributed by atoms with Crippen LogP contribution in [0, 0.1) is 0 Å². The summed E-state index contributed by atoms with van der Waals surface area (Å²) < 4.78 is 5.34. The molecule has 0 radical (unpaired) electrons. The van der Waals surface area contributed by atoms with Crippen molar-refractivity contribution in [3.8, 4) is 5.88 Å². The van der Waals surface area contributed by atoms with Gasteiger partial charge in [0.1, 0.15) is 5.56 Å². The van der Waals surface area contributed by atoms with E-state index in [2.05, 4.69) is 10.2 Å². The Labute approximate surface area is 101 Å². The van der Waals surface area contributed by atoms with Crippen LogP contribution >= 0.6 is 0 Å². The lowest BCUT2D eigenvalue weighted by molar-refractivity contribution is 0.0689. The van der Waals surface area contributed by atoms with E-state index in [1.165, 1.54) is 0 Å². The maximum atomic E-state index is 11.3. The molecule has 5 heteroatoms. The van der Waals surface area contributed by atoms with Crippen LogP contribution < -0.4 is 4.74 Å². The first-order valence-corrected chi connectivity index (χ1v) is 5.90. The van der Waals surface area contributed by atoms with Crippen LogP contribution in [-0.4, -0.2) is 27.9 Å². The molecule has 0 amide bonds. The third-order valence-electron chi connectivity index (χ3n) is 2.47. The lowest BCUT2D eigenvalue weighted by Crippen LogP contribution is -2.13. The fourth-order valence-electron chi connectivity index (χ4n) is 1.67. The van der Waals surface area contributed by atoms with Crippen LogP contribution in [0.25, 0.3) is 0 Å². The molecule has 0 spiro atoms. The van der Waals surface area contributed by atoms with Gasteiger partial charge in [-0.2, -0.15) is 5.10 Å². The molecular formula is C12H18N2O3. The van der Waals surface area contributed by atoms with Crippen molar-refractivity contribution in [2.75, 3.05) is 6.61 Å². The summed E-state index contributed by atoms with van der Waals surface area (Å²) in [6.45, 7) is 6.24. The molecule has 1 rings (SSSR count). The maximum Gasteiger partial charge on any atom is 0.341 e. The molecule has 0 fully saturated rings. The van der Waals surface area contributed by atoms with Crippen molar-refractivity contribution in [3.63, 3.8) is 0 Å². The molecule has 1 aromatic heterocycles. The summed E-state index contributed by atoms with van der Waals surface area (Å²) in [7, 11) is 0. The minimum absolute atomic E-state index is 0.133. The van der Waals surface area contributed by atoms with E-state index in [-0.39, 0.29) is 11.4 Å². The van der Waals surface area contributed by atoms with Crippen molar-refractivity contribution >= 4 is 5.97 Å². The number of ether oxygens (including phenoxy) is 1. The van der Waals surface area contributed by atoms with Crippen molar-refractivity contribution in [2.24, 2.45) is 0 Å². The van der Waals surface area contributed by atoms with Gasteiger partial charge in [-0.1, -0.05) is 20.8 Å². The van der Waals surface area contributed by atoms with Gasteiger partial charge < -0.3 is 9.84 Å². The zero-order valence-corrected chi connectivity index (χ0v) is 10.5. The summed E-state index contributed by atoms with van der Waals surface area (Å²) in [5, 5.41) is 17.1. The first-order valence-electron chi connectivity index (χ1n) is 5.90. The molecule has 0 aromatic carbocycles. The normalized spacial score (nSPS) is 10.3. The number of carboxylic acid groups (broad SMARTS) is 1. The van der Waals surface area contributed by atoms with Gasteiger partial charge >= 0.3 is 5.97 Å². The van der Waals surface area contributed by atoms with Gasteiger partial charge in [0, 0.05) is 0 Å². The predicted octanol–water partition coefficient (Wildman–Crippen LogP) is 2.09. The average Bonchev–Trinajstić information content (AvgIpc) is 2.34. The van der Waals surface area contributed by atoms with Gasteiger partial charge in [-0.05, 0) is 24.8 Å². The Balaban J connectivity index is 3.26. The number of hydrogen-bond acceptors (Lipinski definition) is 4. The minimum atomic E-state index is -1.00. The summed E-state index contributed by atoms with van der Waals surface area (Å²) in [4.78, 5) is 11.3. The van der Waals surface area contributed by atoms with E-state index >= 15 is 0 Å². The van der Waals surface area contributed by atoms with E-state index in [0.717, 1.165) is 17.7 Å². The summed E-state index contributed by atoms with van der Waals surface area (Å²) in [6.07, 6.45) is 2.09. The zero-order chi connectivity index (χ0) is 12.8. The van der Waals surface area contributed by atoms with E-state index in [9.17, 15) is 9.90 Å². The summed E-state index contributed by atoms with van der Waals surface area (Å²) in [5.41, 5.74) is 1.61. The largest absolute Gasteiger partial charge is 0.477 e. The fraction of sp³-hybridized carbons (Fsp3) is 0.583. The molecule has 17 heavy (non-hydrogen) atoms. The Morgan fingerprint density at radius 2 is 1.94 bits per heavy atom. The minimum Gasteiger partial charge on any atom is -0.477 e. The summed E-state index contributed by atoms with van der Waals surface area (Å²) in [6, 6.07) is 0. The van der Waals surface area contributed by atoms with Crippen molar-refractivity contribution in [3.05, 3.63) is 16.8 Å². The van der Waals surface area contributed by atoms with Crippen molar-refractivity contribution in [1.29, 1.82) is 0 Å². The molecule has 0 bridgehead atoms. The quantitative estimate of drug-likeness (QED) is 0.821. The van der Waals surface area contributed by atoms with E-state index < -0.39 is 5.97 Å². The molecule has 0 aliphatic carbocycles. The molecular weight excluding hydrogens is 220 g/mol. The molecule has 0 aliphatic rings. The number of hydrogen-bond donors (Lipinski definition) is 1. The number of aromatic nitrogens is 2. The fourth-order valence-corrected chi connectivity index (χ4v) is 1.67. The Kier molecular flexibility index (Phi) is 4.87. The number of carboxylic acids is 1. The lowest BCUT2D eigenvalue weighted by atomic mass is 10.0. The van der Waals surface area contributed by atoms with E-state index in [0.29, 0.717) is 19.4 Å². The van der Waals surface area contributed by atoms with Crippen LogP contribution in [0.1, 0.15) is 48.8 Å². The maximum absolute atomic E-state index is 11.3. The third kappa shape index (κ3) is 2.93. The topological polar surface area (TPSA) is 72.3 Å². The Bertz CT molecular complexity index is 405. The molecule has 0 saturated carbocycles. The molecule has 1 heterocycles. The predicted molar refractivity (Wildman–Crippen MR) is 63.5 cm³/mol. The second kappa shape index (κ2) is 6.18. The Hall–Kier alpha value is -1.65. The Morgan fingerprint density at radius 3 is 2.41 bits per heavy atom. The van der Waals surface area contributed by atoms with Crippen LogP contribution in [0.5, 0.6) is 5.88 Å². The number of carbonyl (C=O) groups is 1.